The van der Waals surface area contributed by atoms with Crippen LogP contribution in [0.3, 0.4) is 0 Å². The van der Waals surface area contributed by atoms with Crippen LogP contribution in [0.15, 0.2) is 18.2 Å². The van der Waals surface area contributed by atoms with E-state index in [2.05, 4.69) is 17.5 Å². The van der Waals surface area contributed by atoms with Crippen molar-refractivity contribution in [2.75, 3.05) is 0 Å². The number of nitro benzene ring substituents is 1. The van der Waals surface area contributed by atoms with Gasteiger partial charge in [-0.1, -0.05) is 6.07 Å². The summed E-state index contributed by atoms with van der Waals surface area (Å²) in [5.41, 5.74) is 5.16. The van der Waals surface area contributed by atoms with E-state index in [4.69, 9.17) is 5.73 Å². The van der Waals surface area contributed by atoms with Crippen LogP contribution in [0.1, 0.15) is 5.56 Å². The average molecular weight is 229 g/mol. The molecule has 0 aromatic heterocycles. The number of nitro groups is 1. The summed E-state index contributed by atoms with van der Waals surface area (Å²) < 4.78 is 12.9. The first kappa shape index (κ1) is 11.3. The Bertz CT molecular complexity index is 411. The highest BCUT2D eigenvalue weighted by molar-refractivity contribution is 7.80. The molecule has 1 rings (SSSR count). The summed E-state index contributed by atoms with van der Waals surface area (Å²) in [5, 5.41) is 13.1. The quantitative estimate of drug-likeness (QED) is 0.460. The second kappa shape index (κ2) is 4.65. The van der Waals surface area contributed by atoms with Crippen molar-refractivity contribution in [1.82, 2.24) is 5.32 Å². The summed E-state index contributed by atoms with van der Waals surface area (Å²) >= 11 is 4.56. The molecule has 1 aromatic carbocycles. The summed E-state index contributed by atoms with van der Waals surface area (Å²) in [6.07, 6.45) is 0. The molecular formula is C8H8FN3O2S. The van der Waals surface area contributed by atoms with Gasteiger partial charge in [-0.3, -0.25) is 10.1 Å². The molecule has 0 aliphatic heterocycles. The Labute approximate surface area is 90.2 Å². The number of benzene rings is 1. The molecule has 0 bridgehead atoms. The Morgan fingerprint density at radius 3 is 2.87 bits per heavy atom. The maximum absolute atomic E-state index is 12.9. The minimum absolute atomic E-state index is 0.0852. The topological polar surface area (TPSA) is 81.2 Å². The smallest absolute Gasteiger partial charge is 0.305 e. The summed E-state index contributed by atoms with van der Waals surface area (Å²) in [6.45, 7) is 0.233. The normalized spacial score (nSPS) is 9.67. The van der Waals surface area contributed by atoms with Gasteiger partial charge in [0.15, 0.2) is 5.11 Å². The minimum atomic E-state index is -0.862. The number of thiocarbonyl (C=S) groups is 1. The Hall–Kier alpha value is -1.76. The van der Waals surface area contributed by atoms with Gasteiger partial charge in [0.25, 0.3) is 0 Å². The monoisotopic (exact) mass is 229 g/mol. The van der Waals surface area contributed by atoms with Crippen molar-refractivity contribution in [3.05, 3.63) is 39.7 Å². The fraction of sp³-hybridized carbons (Fsp3) is 0.125. The molecule has 0 amide bonds. The zero-order chi connectivity index (χ0) is 11.4. The first-order valence-corrected chi connectivity index (χ1v) is 4.37. The predicted molar refractivity (Wildman–Crippen MR) is 56.7 cm³/mol. The van der Waals surface area contributed by atoms with Crippen LogP contribution in [0.2, 0.25) is 0 Å². The van der Waals surface area contributed by atoms with Crippen LogP contribution in [0.5, 0.6) is 0 Å². The zero-order valence-corrected chi connectivity index (χ0v) is 8.38. The molecule has 0 spiro atoms. The summed E-state index contributed by atoms with van der Waals surface area (Å²) in [5.74, 6) is -0.862. The van der Waals surface area contributed by atoms with Gasteiger partial charge in [-0.25, -0.2) is 0 Å². The third-order valence-corrected chi connectivity index (χ3v) is 1.82. The molecule has 0 heterocycles. The van der Waals surface area contributed by atoms with Gasteiger partial charge in [0.1, 0.15) is 0 Å². The number of nitrogens with zero attached hydrogens (tertiary/aromatic N) is 1. The van der Waals surface area contributed by atoms with Crippen molar-refractivity contribution >= 4 is 23.0 Å². The molecule has 80 valence electrons. The highest BCUT2D eigenvalue weighted by atomic mass is 32.1. The molecule has 1 aromatic rings. The lowest BCUT2D eigenvalue weighted by molar-refractivity contribution is -0.387. The van der Waals surface area contributed by atoms with E-state index in [0.717, 1.165) is 12.1 Å². The Kier molecular flexibility index (Phi) is 3.51. The minimum Gasteiger partial charge on any atom is -0.376 e. The second-order valence-electron chi connectivity index (χ2n) is 2.76. The number of hydrogen-bond acceptors (Lipinski definition) is 3. The van der Waals surface area contributed by atoms with E-state index >= 15 is 0 Å². The maximum Gasteiger partial charge on any atom is 0.305 e. The van der Waals surface area contributed by atoms with Gasteiger partial charge in [0.2, 0.25) is 5.82 Å². The van der Waals surface area contributed by atoms with E-state index in [1.807, 2.05) is 0 Å². The third-order valence-electron chi connectivity index (χ3n) is 1.67. The van der Waals surface area contributed by atoms with Crippen LogP contribution >= 0.6 is 12.2 Å². The number of hydrogen-bond donors (Lipinski definition) is 2. The largest absolute Gasteiger partial charge is 0.376 e. The molecule has 0 unspecified atom stereocenters. The van der Waals surface area contributed by atoms with Crippen molar-refractivity contribution in [2.24, 2.45) is 5.73 Å². The molecule has 7 heteroatoms. The lowest BCUT2D eigenvalue weighted by Gasteiger charge is -2.03. The fourth-order valence-corrected chi connectivity index (χ4v) is 1.07. The fourth-order valence-electron chi connectivity index (χ4n) is 0.997. The molecule has 0 saturated carbocycles. The third kappa shape index (κ3) is 3.13. The summed E-state index contributed by atoms with van der Waals surface area (Å²) in [6, 6.07) is 3.60. The molecule has 3 N–H and O–H groups in total. The van der Waals surface area contributed by atoms with Gasteiger partial charge in [-0.05, 0) is 23.8 Å². The number of nitrogens with two attached hydrogens (primary N) is 1. The molecule has 0 saturated heterocycles. The van der Waals surface area contributed by atoms with E-state index in [9.17, 15) is 14.5 Å². The predicted octanol–water partition coefficient (Wildman–Crippen LogP) is 1.07. The van der Waals surface area contributed by atoms with E-state index in [1.54, 1.807) is 0 Å². The number of rotatable bonds is 3. The molecule has 0 fully saturated rings. The lowest BCUT2D eigenvalue weighted by Crippen LogP contribution is -2.28. The van der Waals surface area contributed by atoms with Crippen molar-refractivity contribution < 1.29 is 9.31 Å². The Morgan fingerprint density at radius 2 is 2.33 bits per heavy atom. The second-order valence-corrected chi connectivity index (χ2v) is 3.20. The van der Waals surface area contributed by atoms with E-state index < -0.39 is 16.4 Å². The van der Waals surface area contributed by atoms with Crippen molar-refractivity contribution in [3.63, 3.8) is 0 Å². The van der Waals surface area contributed by atoms with Crippen LogP contribution in [-0.2, 0) is 6.54 Å². The van der Waals surface area contributed by atoms with Gasteiger partial charge in [-0.15, -0.1) is 0 Å². The van der Waals surface area contributed by atoms with E-state index in [-0.39, 0.29) is 11.7 Å². The first-order valence-electron chi connectivity index (χ1n) is 3.97. The Balaban J connectivity index is 2.87. The average Bonchev–Trinajstić information content (AvgIpc) is 2.16. The van der Waals surface area contributed by atoms with Gasteiger partial charge in [-0.2, -0.15) is 4.39 Å². The van der Waals surface area contributed by atoms with Crippen molar-refractivity contribution in [2.45, 2.75) is 6.54 Å². The van der Waals surface area contributed by atoms with Crippen LogP contribution in [-0.4, -0.2) is 10.0 Å². The highest BCUT2D eigenvalue weighted by Crippen LogP contribution is 2.18. The standard InChI is InChI=1S/C8H8FN3O2S/c9-6-2-1-5(4-11-8(10)15)3-7(6)12(13)14/h1-3H,4H2,(H3,10,11,15). The maximum atomic E-state index is 12.9. The van der Waals surface area contributed by atoms with Gasteiger partial charge in [0, 0.05) is 12.6 Å². The molecule has 0 atom stereocenters. The number of halogens is 1. The van der Waals surface area contributed by atoms with E-state index in [1.165, 1.54) is 6.07 Å². The van der Waals surface area contributed by atoms with Crippen LogP contribution in [0.25, 0.3) is 0 Å². The SMILES string of the molecule is NC(=S)NCc1ccc(F)c([N+](=O)[O-])c1. The van der Waals surface area contributed by atoms with Gasteiger partial charge < -0.3 is 11.1 Å². The van der Waals surface area contributed by atoms with Gasteiger partial charge >= 0.3 is 5.69 Å². The molecule has 0 radical (unpaired) electrons. The molecule has 5 nitrogen and oxygen atoms in total. The van der Waals surface area contributed by atoms with Crippen LogP contribution < -0.4 is 11.1 Å². The molecule has 0 aliphatic carbocycles. The summed E-state index contributed by atoms with van der Waals surface area (Å²) in [7, 11) is 0. The first-order chi connectivity index (χ1) is 7.00. The van der Waals surface area contributed by atoms with Gasteiger partial charge in [0.05, 0.1) is 4.92 Å². The molecular weight excluding hydrogens is 221 g/mol. The van der Waals surface area contributed by atoms with Crippen molar-refractivity contribution in [1.29, 1.82) is 0 Å². The summed E-state index contributed by atoms with van der Waals surface area (Å²) in [4.78, 5) is 9.63. The molecule has 15 heavy (non-hydrogen) atoms. The zero-order valence-electron chi connectivity index (χ0n) is 7.57. The lowest BCUT2D eigenvalue weighted by atomic mass is 10.2. The number of nitrogens with one attached hydrogen (secondary N) is 1. The highest BCUT2D eigenvalue weighted by Gasteiger charge is 2.13. The van der Waals surface area contributed by atoms with Crippen LogP contribution in [0.4, 0.5) is 10.1 Å². The van der Waals surface area contributed by atoms with Crippen LogP contribution in [0, 0.1) is 15.9 Å². The molecule has 0 aliphatic rings. The Morgan fingerprint density at radius 1 is 1.67 bits per heavy atom. The van der Waals surface area contributed by atoms with Crippen molar-refractivity contribution in [3.8, 4) is 0 Å². The van der Waals surface area contributed by atoms with E-state index in [0.29, 0.717) is 5.56 Å².